The molecule has 4 rings (SSSR count). The van der Waals surface area contributed by atoms with Crippen LogP contribution in [0.25, 0.3) is 11.4 Å². The molecule has 0 unspecified atom stereocenters. The van der Waals surface area contributed by atoms with Crippen molar-refractivity contribution in [3.8, 4) is 11.4 Å². The monoisotopic (exact) mass is 356 g/mol. The van der Waals surface area contributed by atoms with Crippen molar-refractivity contribution in [3.05, 3.63) is 35.7 Å². The van der Waals surface area contributed by atoms with Crippen LogP contribution in [0, 0.1) is 5.92 Å². The number of aromatic nitrogens is 2. The molecule has 2 heterocycles. The second-order valence-corrected chi connectivity index (χ2v) is 7.22. The SMILES string of the molecule is CN1CCOC[C@@H](CNC(=O)c2ccc(-c3noc(C4CC4)n3)cc2)C1. The maximum absolute atomic E-state index is 12.4. The van der Waals surface area contributed by atoms with E-state index in [1.165, 1.54) is 0 Å². The van der Waals surface area contributed by atoms with E-state index in [2.05, 4.69) is 27.4 Å². The highest BCUT2D eigenvalue weighted by Gasteiger charge is 2.29. The van der Waals surface area contributed by atoms with E-state index < -0.39 is 0 Å². The van der Waals surface area contributed by atoms with Gasteiger partial charge in [0.1, 0.15) is 0 Å². The van der Waals surface area contributed by atoms with Crippen LogP contribution in [0.1, 0.15) is 35.0 Å². The first-order valence-electron chi connectivity index (χ1n) is 9.17. The van der Waals surface area contributed by atoms with Crippen molar-refractivity contribution in [1.29, 1.82) is 0 Å². The van der Waals surface area contributed by atoms with Gasteiger partial charge >= 0.3 is 0 Å². The molecule has 1 aliphatic carbocycles. The van der Waals surface area contributed by atoms with E-state index in [4.69, 9.17) is 9.26 Å². The summed E-state index contributed by atoms with van der Waals surface area (Å²) < 4.78 is 10.9. The van der Waals surface area contributed by atoms with Crippen molar-refractivity contribution < 1.29 is 14.1 Å². The molecule has 1 saturated carbocycles. The molecule has 2 aliphatic rings. The predicted octanol–water partition coefficient (Wildman–Crippen LogP) is 1.92. The molecule has 26 heavy (non-hydrogen) atoms. The van der Waals surface area contributed by atoms with Crippen LogP contribution in [0.4, 0.5) is 0 Å². The van der Waals surface area contributed by atoms with Gasteiger partial charge in [0.05, 0.1) is 13.2 Å². The van der Waals surface area contributed by atoms with Crippen LogP contribution < -0.4 is 5.32 Å². The maximum atomic E-state index is 12.4. The van der Waals surface area contributed by atoms with Gasteiger partial charge in [0.15, 0.2) is 0 Å². The van der Waals surface area contributed by atoms with Gasteiger partial charge in [0.25, 0.3) is 5.91 Å². The summed E-state index contributed by atoms with van der Waals surface area (Å²) >= 11 is 0. The Morgan fingerprint density at radius 2 is 2.12 bits per heavy atom. The highest BCUT2D eigenvalue weighted by Crippen LogP contribution is 2.39. The summed E-state index contributed by atoms with van der Waals surface area (Å²) in [6.07, 6.45) is 2.26. The molecule has 0 radical (unpaired) electrons. The third kappa shape index (κ3) is 4.11. The van der Waals surface area contributed by atoms with E-state index in [9.17, 15) is 4.79 Å². The zero-order valence-electron chi connectivity index (χ0n) is 15.0. The third-order valence-corrected chi connectivity index (χ3v) is 4.87. The summed E-state index contributed by atoms with van der Waals surface area (Å²) in [5.74, 6) is 1.98. The van der Waals surface area contributed by atoms with E-state index in [-0.39, 0.29) is 5.91 Å². The van der Waals surface area contributed by atoms with Crippen LogP contribution in [0.15, 0.2) is 28.8 Å². The topological polar surface area (TPSA) is 80.5 Å². The van der Waals surface area contributed by atoms with E-state index in [1.807, 2.05) is 12.1 Å². The van der Waals surface area contributed by atoms with Gasteiger partial charge in [-0.3, -0.25) is 4.79 Å². The fraction of sp³-hybridized carbons (Fsp3) is 0.526. The number of nitrogens with zero attached hydrogens (tertiary/aromatic N) is 3. The first kappa shape index (κ1) is 17.2. The molecule has 1 aromatic carbocycles. The molecule has 1 atom stereocenters. The molecule has 2 aromatic rings. The molecule has 1 amide bonds. The van der Waals surface area contributed by atoms with Crippen molar-refractivity contribution in [2.24, 2.45) is 5.92 Å². The quantitative estimate of drug-likeness (QED) is 0.882. The average molecular weight is 356 g/mol. The van der Waals surface area contributed by atoms with E-state index in [0.29, 0.717) is 36.4 Å². The number of carbonyl (C=O) groups excluding carboxylic acids is 1. The Labute approximate surface area is 152 Å². The summed E-state index contributed by atoms with van der Waals surface area (Å²) in [5.41, 5.74) is 1.48. The van der Waals surface area contributed by atoms with Gasteiger partial charge in [-0.25, -0.2) is 0 Å². The number of hydrogen-bond donors (Lipinski definition) is 1. The van der Waals surface area contributed by atoms with Gasteiger partial charge in [-0.05, 0) is 32.0 Å². The minimum atomic E-state index is -0.0739. The van der Waals surface area contributed by atoms with Crippen LogP contribution in [0.5, 0.6) is 0 Å². The zero-order valence-corrected chi connectivity index (χ0v) is 15.0. The highest BCUT2D eigenvalue weighted by atomic mass is 16.5. The number of benzene rings is 1. The lowest BCUT2D eigenvalue weighted by Gasteiger charge is -2.19. The molecule has 1 N–H and O–H groups in total. The molecular weight excluding hydrogens is 332 g/mol. The molecule has 0 bridgehead atoms. The first-order chi connectivity index (χ1) is 12.7. The first-order valence-corrected chi connectivity index (χ1v) is 9.17. The largest absolute Gasteiger partial charge is 0.380 e. The van der Waals surface area contributed by atoms with Gasteiger partial charge in [-0.15, -0.1) is 0 Å². The Morgan fingerprint density at radius 1 is 1.31 bits per heavy atom. The minimum Gasteiger partial charge on any atom is -0.380 e. The zero-order chi connectivity index (χ0) is 17.9. The number of nitrogens with one attached hydrogen (secondary N) is 1. The van der Waals surface area contributed by atoms with Crippen molar-refractivity contribution in [3.63, 3.8) is 0 Å². The molecule has 7 heteroatoms. The molecule has 2 fully saturated rings. The molecule has 1 aromatic heterocycles. The Kier molecular flexibility index (Phi) is 4.99. The summed E-state index contributed by atoms with van der Waals surface area (Å²) in [6, 6.07) is 7.32. The third-order valence-electron chi connectivity index (χ3n) is 4.87. The smallest absolute Gasteiger partial charge is 0.251 e. The predicted molar refractivity (Wildman–Crippen MR) is 95.8 cm³/mol. The highest BCUT2D eigenvalue weighted by molar-refractivity contribution is 5.94. The number of amides is 1. The van der Waals surface area contributed by atoms with Crippen LogP contribution >= 0.6 is 0 Å². The Morgan fingerprint density at radius 3 is 2.88 bits per heavy atom. The van der Waals surface area contributed by atoms with Crippen molar-refractivity contribution in [1.82, 2.24) is 20.4 Å². The molecule has 138 valence electrons. The molecule has 7 nitrogen and oxygen atoms in total. The lowest BCUT2D eigenvalue weighted by atomic mass is 10.1. The van der Waals surface area contributed by atoms with E-state index in [1.54, 1.807) is 12.1 Å². The van der Waals surface area contributed by atoms with Gasteiger partial charge in [0, 0.05) is 42.6 Å². The van der Waals surface area contributed by atoms with Gasteiger partial charge in [-0.2, -0.15) is 4.98 Å². The normalized spacial score (nSPS) is 21.3. The number of rotatable bonds is 5. The second kappa shape index (κ2) is 7.55. The summed E-state index contributed by atoms with van der Waals surface area (Å²) in [7, 11) is 2.08. The fourth-order valence-corrected chi connectivity index (χ4v) is 3.14. The van der Waals surface area contributed by atoms with Crippen LogP contribution in [0.2, 0.25) is 0 Å². The van der Waals surface area contributed by atoms with Crippen molar-refractivity contribution in [2.75, 3.05) is 39.9 Å². The van der Waals surface area contributed by atoms with Crippen LogP contribution in [-0.2, 0) is 4.74 Å². The number of hydrogen-bond acceptors (Lipinski definition) is 6. The summed E-state index contributed by atoms with van der Waals surface area (Å²) in [5, 5.41) is 7.04. The number of ether oxygens (including phenoxy) is 1. The Balaban J connectivity index is 1.34. The number of likely N-dealkylation sites (N-methyl/N-ethyl adjacent to an activating group) is 1. The maximum Gasteiger partial charge on any atom is 0.251 e. The van der Waals surface area contributed by atoms with E-state index in [0.717, 1.165) is 44.0 Å². The number of carbonyl (C=O) groups is 1. The lowest BCUT2D eigenvalue weighted by molar-refractivity contribution is 0.0921. The molecule has 1 aliphatic heterocycles. The Bertz CT molecular complexity index is 754. The van der Waals surface area contributed by atoms with Crippen LogP contribution in [-0.4, -0.2) is 60.8 Å². The molecule has 0 spiro atoms. The van der Waals surface area contributed by atoms with Gasteiger partial charge < -0.3 is 19.5 Å². The minimum absolute atomic E-state index is 0.0739. The van der Waals surface area contributed by atoms with Gasteiger partial charge in [0.2, 0.25) is 11.7 Å². The summed E-state index contributed by atoms with van der Waals surface area (Å²) in [4.78, 5) is 19.1. The van der Waals surface area contributed by atoms with Crippen LogP contribution in [0.3, 0.4) is 0 Å². The molecule has 1 saturated heterocycles. The second-order valence-electron chi connectivity index (χ2n) is 7.22. The van der Waals surface area contributed by atoms with Gasteiger partial charge in [-0.1, -0.05) is 17.3 Å². The lowest BCUT2D eigenvalue weighted by Crippen LogP contribution is -2.35. The van der Waals surface area contributed by atoms with E-state index >= 15 is 0 Å². The standard InChI is InChI=1S/C19H24N4O3/c1-23-8-9-25-12-13(11-23)10-20-18(24)15-4-2-14(3-5-15)17-21-19(26-22-17)16-6-7-16/h2-5,13,16H,6-12H2,1H3,(H,20,24)/t13-/m0/s1. The fourth-order valence-electron chi connectivity index (χ4n) is 3.14. The molecular formula is C19H24N4O3. The Hall–Kier alpha value is -2.25. The average Bonchev–Trinajstić information content (AvgIpc) is 3.43. The summed E-state index contributed by atoms with van der Waals surface area (Å²) in [6.45, 7) is 3.91. The van der Waals surface area contributed by atoms with Crippen molar-refractivity contribution >= 4 is 5.91 Å². The van der Waals surface area contributed by atoms with Crippen molar-refractivity contribution in [2.45, 2.75) is 18.8 Å².